The lowest BCUT2D eigenvalue weighted by atomic mass is 9.88. The number of amides is 1. The van der Waals surface area contributed by atoms with Crippen LogP contribution in [-0.4, -0.2) is 39.3 Å². The topological polar surface area (TPSA) is 124 Å². The van der Waals surface area contributed by atoms with E-state index in [1.54, 1.807) is 48.5 Å². The van der Waals surface area contributed by atoms with Crippen molar-refractivity contribution >= 4 is 30.3 Å². The van der Waals surface area contributed by atoms with Crippen molar-refractivity contribution in [2.45, 2.75) is 12.1 Å². The van der Waals surface area contributed by atoms with Crippen molar-refractivity contribution in [1.29, 1.82) is 0 Å². The number of phenols is 1. The fourth-order valence-corrected chi connectivity index (χ4v) is 5.05. The molecule has 198 valence electrons. The molecule has 10 heteroatoms. The summed E-state index contributed by atoms with van der Waals surface area (Å²) in [6.45, 7) is -0.411. The van der Waals surface area contributed by atoms with E-state index in [2.05, 4.69) is 0 Å². The number of nitrogens with zero attached hydrogens (tertiary/aromatic N) is 1. The highest BCUT2D eigenvalue weighted by Gasteiger charge is 2.51. The number of ketones is 1. The molecule has 0 bridgehead atoms. The molecule has 1 heterocycles. The van der Waals surface area contributed by atoms with Gasteiger partial charge in [-0.1, -0.05) is 42.5 Å². The molecule has 1 fully saturated rings. The first kappa shape index (κ1) is 26.5. The van der Waals surface area contributed by atoms with Crippen molar-refractivity contribution in [3.63, 3.8) is 0 Å². The molecule has 5 rings (SSSR count). The molecule has 0 aromatic heterocycles. The van der Waals surface area contributed by atoms with Crippen molar-refractivity contribution in [3.8, 4) is 16.9 Å². The number of halogens is 1. The molecule has 0 saturated carbocycles. The minimum atomic E-state index is -4.38. The van der Waals surface area contributed by atoms with Gasteiger partial charge in [0.2, 0.25) is 0 Å². The first-order valence-corrected chi connectivity index (χ1v) is 13.5. The minimum absolute atomic E-state index is 0.117. The van der Waals surface area contributed by atoms with Crippen LogP contribution in [0.25, 0.3) is 11.1 Å². The van der Waals surface area contributed by atoms with Gasteiger partial charge in [0.15, 0.2) is 11.9 Å². The zero-order chi connectivity index (χ0) is 27.7. The van der Waals surface area contributed by atoms with Crippen LogP contribution in [0.2, 0.25) is 0 Å². The van der Waals surface area contributed by atoms with E-state index in [9.17, 15) is 33.4 Å². The number of aromatic hydroxyl groups is 1. The molecule has 1 amide bonds. The third kappa shape index (κ3) is 5.39. The molecular formula is C29H23FNO7P. The van der Waals surface area contributed by atoms with Gasteiger partial charge in [-0.3, -0.25) is 19.1 Å². The highest BCUT2D eigenvalue weighted by Crippen LogP contribution is 2.44. The van der Waals surface area contributed by atoms with Crippen LogP contribution >= 0.6 is 7.60 Å². The SMILES string of the molecule is O=C(CO[C@H]1C(=O)N(c2ccccc2)[C@@H]1c1ccc(-c2ccc(P(=O)(O)O)cc2)cc1O)c1ccc(F)cc1. The normalized spacial score (nSPS) is 17.1. The summed E-state index contributed by atoms with van der Waals surface area (Å²) in [6, 6.07) is 23.7. The van der Waals surface area contributed by atoms with Crippen LogP contribution in [-0.2, 0) is 14.1 Å². The van der Waals surface area contributed by atoms with Crippen molar-refractivity contribution in [2.75, 3.05) is 11.5 Å². The second-order valence-corrected chi connectivity index (χ2v) is 10.6. The number of benzene rings is 4. The predicted octanol–water partition coefficient (Wildman–Crippen LogP) is 4.36. The van der Waals surface area contributed by atoms with Gasteiger partial charge in [0, 0.05) is 16.8 Å². The number of carbonyl (C=O) groups is 2. The highest BCUT2D eigenvalue weighted by molar-refractivity contribution is 7.60. The Balaban J connectivity index is 1.42. The van der Waals surface area contributed by atoms with Crippen LogP contribution in [0.1, 0.15) is 22.0 Å². The minimum Gasteiger partial charge on any atom is -0.508 e. The van der Waals surface area contributed by atoms with Crippen molar-refractivity contribution in [3.05, 3.63) is 114 Å². The standard InChI is InChI=1S/C29H23FNO7P/c30-21-11-6-19(7-12-21)26(33)17-38-28-27(31(29(28)34)22-4-2-1-3-5-22)24-15-10-20(16-25(24)32)18-8-13-23(14-9-18)39(35,36)37/h1-16,27-28,32H,17H2,(H2,35,36,37)/t27-,28-/m1/s1. The first-order chi connectivity index (χ1) is 18.6. The molecule has 1 aliphatic heterocycles. The monoisotopic (exact) mass is 547 g/mol. The molecule has 1 aliphatic rings. The summed E-state index contributed by atoms with van der Waals surface area (Å²) in [5, 5.41) is 10.9. The molecule has 3 N–H and O–H groups in total. The summed E-state index contributed by atoms with van der Waals surface area (Å²) in [5.74, 6) is -1.40. The van der Waals surface area contributed by atoms with E-state index < -0.39 is 37.9 Å². The van der Waals surface area contributed by atoms with Gasteiger partial charge in [-0.05, 0) is 65.7 Å². The number of phenolic OH excluding ortho intramolecular Hbond substituents is 1. The zero-order valence-corrected chi connectivity index (χ0v) is 21.2. The second kappa shape index (κ2) is 10.6. The number of Topliss-reactive ketones (excluding diaryl/α,β-unsaturated/α-hetero) is 1. The van der Waals surface area contributed by atoms with E-state index >= 15 is 0 Å². The van der Waals surface area contributed by atoms with E-state index in [0.717, 1.165) is 0 Å². The molecule has 4 aromatic carbocycles. The number of β-lactam (4-membered cyclic amide) rings is 1. The molecule has 4 aromatic rings. The summed E-state index contributed by atoms with van der Waals surface area (Å²) in [7, 11) is -4.38. The Morgan fingerprint density at radius 2 is 1.54 bits per heavy atom. The fraction of sp³-hybridized carbons (Fsp3) is 0.103. The van der Waals surface area contributed by atoms with Gasteiger partial charge in [0.25, 0.3) is 5.91 Å². The Hall–Kier alpha value is -4.14. The molecular weight excluding hydrogens is 524 g/mol. The van der Waals surface area contributed by atoms with Crippen LogP contribution in [0.5, 0.6) is 5.75 Å². The number of hydrogen-bond acceptors (Lipinski definition) is 5. The van der Waals surface area contributed by atoms with Gasteiger partial charge < -0.3 is 19.6 Å². The smallest absolute Gasteiger partial charge is 0.356 e. The third-order valence-corrected chi connectivity index (χ3v) is 7.50. The summed E-state index contributed by atoms with van der Waals surface area (Å²) in [5.41, 5.74) is 2.45. The van der Waals surface area contributed by atoms with Crippen molar-refractivity contribution < 1.29 is 38.2 Å². The Bertz CT molecular complexity index is 1570. The Labute approximate surface area is 223 Å². The summed E-state index contributed by atoms with van der Waals surface area (Å²) < 4.78 is 30.4. The van der Waals surface area contributed by atoms with Crippen LogP contribution < -0.4 is 10.2 Å². The zero-order valence-electron chi connectivity index (χ0n) is 20.3. The van der Waals surface area contributed by atoms with Gasteiger partial charge in [0.05, 0.1) is 5.30 Å². The van der Waals surface area contributed by atoms with Crippen LogP contribution in [0, 0.1) is 5.82 Å². The number of carbonyl (C=O) groups excluding carboxylic acids is 2. The average molecular weight is 547 g/mol. The Kier molecular flexibility index (Phi) is 7.16. The average Bonchev–Trinajstić information content (AvgIpc) is 2.92. The molecule has 0 aliphatic carbocycles. The number of anilines is 1. The Morgan fingerprint density at radius 3 is 2.15 bits per heavy atom. The lowest BCUT2D eigenvalue weighted by Gasteiger charge is -2.46. The van der Waals surface area contributed by atoms with Crippen molar-refractivity contribution in [1.82, 2.24) is 0 Å². The van der Waals surface area contributed by atoms with E-state index in [-0.39, 0.29) is 22.5 Å². The molecule has 0 spiro atoms. The van der Waals surface area contributed by atoms with Gasteiger partial charge in [-0.15, -0.1) is 0 Å². The van der Waals surface area contributed by atoms with Gasteiger partial charge >= 0.3 is 7.60 Å². The molecule has 0 radical (unpaired) electrons. The molecule has 1 saturated heterocycles. The lowest BCUT2D eigenvalue weighted by Crippen LogP contribution is -2.60. The fourth-order valence-electron chi connectivity index (χ4n) is 4.51. The first-order valence-electron chi connectivity index (χ1n) is 11.9. The molecule has 8 nitrogen and oxygen atoms in total. The van der Waals surface area contributed by atoms with Gasteiger partial charge in [-0.2, -0.15) is 0 Å². The molecule has 39 heavy (non-hydrogen) atoms. The van der Waals surface area contributed by atoms with E-state index in [0.29, 0.717) is 22.4 Å². The quantitative estimate of drug-likeness (QED) is 0.170. The third-order valence-electron chi connectivity index (χ3n) is 6.53. The van der Waals surface area contributed by atoms with Crippen LogP contribution in [0.3, 0.4) is 0 Å². The number of hydrogen-bond donors (Lipinski definition) is 3. The largest absolute Gasteiger partial charge is 0.508 e. The number of rotatable bonds is 8. The maximum absolute atomic E-state index is 13.2. The summed E-state index contributed by atoms with van der Waals surface area (Å²) in [4.78, 5) is 45.9. The summed E-state index contributed by atoms with van der Waals surface area (Å²) in [6.07, 6.45) is -1.05. The predicted molar refractivity (Wildman–Crippen MR) is 142 cm³/mol. The van der Waals surface area contributed by atoms with Gasteiger partial charge in [-0.25, -0.2) is 4.39 Å². The number of ether oxygens (including phenoxy) is 1. The van der Waals surface area contributed by atoms with Crippen molar-refractivity contribution in [2.24, 2.45) is 0 Å². The molecule has 0 unspecified atom stereocenters. The second-order valence-electron chi connectivity index (χ2n) is 9.01. The van der Waals surface area contributed by atoms with Gasteiger partial charge in [0.1, 0.15) is 24.2 Å². The number of para-hydroxylation sites is 1. The van der Waals surface area contributed by atoms with Crippen LogP contribution in [0.15, 0.2) is 97.1 Å². The highest BCUT2D eigenvalue weighted by atomic mass is 31.2. The maximum atomic E-state index is 13.2. The van der Waals surface area contributed by atoms with E-state index in [1.807, 2.05) is 6.07 Å². The molecule has 2 atom stereocenters. The summed E-state index contributed by atoms with van der Waals surface area (Å²) >= 11 is 0. The van der Waals surface area contributed by atoms with E-state index in [4.69, 9.17) is 4.74 Å². The maximum Gasteiger partial charge on any atom is 0.356 e. The van der Waals surface area contributed by atoms with Crippen LogP contribution in [0.4, 0.5) is 10.1 Å². The lowest BCUT2D eigenvalue weighted by molar-refractivity contribution is -0.141. The van der Waals surface area contributed by atoms with E-state index in [1.165, 1.54) is 47.4 Å². The Morgan fingerprint density at radius 1 is 0.897 bits per heavy atom.